The number of carbonyl (C=O) groups excluding carboxylic acids is 1. The minimum Gasteiger partial charge on any atom is -0.316 e. The Hall–Kier alpha value is -3.92. The van der Waals surface area contributed by atoms with Gasteiger partial charge in [0.05, 0.1) is 21.1 Å². The molecule has 11 heteroatoms. The lowest BCUT2D eigenvalue weighted by Gasteiger charge is -2.13. The first-order valence-corrected chi connectivity index (χ1v) is 8.49. The summed E-state index contributed by atoms with van der Waals surface area (Å²) in [4.78, 5) is 33.8. The summed E-state index contributed by atoms with van der Waals surface area (Å²) in [7, 11) is 0. The zero-order chi connectivity index (χ0) is 21.1. The van der Waals surface area contributed by atoms with Crippen LogP contribution in [-0.2, 0) is 0 Å². The Morgan fingerprint density at radius 2 is 1.66 bits per heavy atom. The summed E-state index contributed by atoms with van der Waals surface area (Å²) in [5.41, 5.74) is 0.663. The Labute approximate surface area is 168 Å². The number of anilines is 1. The average Bonchev–Trinajstić information content (AvgIpc) is 2.69. The number of para-hydroxylation sites is 2. The molecule has 0 aliphatic heterocycles. The first-order valence-electron chi connectivity index (χ1n) is 8.12. The highest BCUT2D eigenvalue weighted by Gasteiger charge is 2.24. The third-order valence-electron chi connectivity index (χ3n) is 4.05. The van der Waals surface area contributed by atoms with E-state index in [-0.39, 0.29) is 27.8 Å². The molecule has 0 spiro atoms. The van der Waals surface area contributed by atoms with Gasteiger partial charge in [-0.15, -0.1) is 5.10 Å². The molecule has 0 atom stereocenters. The maximum absolute atomic E-state index is 12.9. The molecule has 0 saturated heterocycles. The van der Waals surface area contributed by atoms with Gasteiger partial charge in [0.1, 0.15) is 5.69 Å². The topological polar surface area (TPSA) is 141 Å². The van der Waals surface area contributed by atoms with Gasteiger partial charge in [0.2, 0.25) is 0 Å². The number of aryl methyl sites for hydroxylation is 1. The van der Waals surface area contributed by atoms with Crippen LogP contribution >= 0.6 is 11.6 Å². The predicted octanol–water partition coefficient (Wildman–Crippen LogP) is 4.17. The summed E-state index contributed by atoms with van der Waals surface area (Å²) in [5, 5.41) is 32.0. The van der Waals surface area contributed by atoms with Crippen molar-refractivity contribution in [2.24, 2.45) is 0 Å². The van der Waals surface area contributed by atoms with Gasteiger partial charge in [-0.05, 0) is 30.7 Å². The summed E-state index contributed by atoms with van der Waals surface area (Å²) in [5.74, 6) is -0.726. The van der Waals surface area contributed by atoms with Crippen molar-refractivity contribution in [3.05, 3.63) is 85.2 Å². The summed E-state index contributed by atoms with van der Waals surface area (Å²) in [6.07, 6.45) is 0. The van der Waals surface area contributed by atoms with Crippen molar-refractivity contribution in [3.63, 3.8) is 0 Å². The molecule has 0 aliphatic rings. The number of non-ortho nitro benzene ring substituents is 1. The monoisotopic (exact) mass is 413 g/mol. The number of benzene rings is 2. The first kappa shape index (κ1) is 19.8. The lowest BCUT2D eigenvalue weighted by Crippen LogP contribution is -2.17. The van der Waals surface area contributed by atoms with Crippen LogP contribution in [0.1, 0.15) is 16.1 Å². The average molecular weight is 414 g/mol. The lowest BCUT2D eigenvalue weighted by molar-refractivity contribution is -0.384. The number of amides is 1. The molecule has 0 unspecified atom stereocenters. The van der Waals surface area contributed by atoms with Crippen molar-refractivity contribution in [2.45, 2.75) is 6.92 Å². The lowest BCUT2D eigenvalue weighted by atomic mass is 9.99. The second-order valence-corrected chi connectivity index (χ2v) is 6.22. The molecule has 0 bridgehead atoms. The van der Waals surface area contributed by atoms with E-state index in [0.717, 1.165) is 0 Å². The second-order valence-electron chi connectivity index (χ2n) is 5.86. The largest absolute Gasteiger partial charge is 0.316 e. The number of nitro benzene ring substituents is 2. The van der Waals surface area contributed by atoms with Gasteiger partial charge in [0.25, 0.3) is 17.3 Å². The van der Waals surface area contributed by atoms with Crippen molar-refractivity contribution in [1.82, 2.24) is 10.2 Å². The molecule has 2 aromatic carbocycles. The normalized spacial score (nSPS) is 10.4. The van der Waals surface area contributed by atoms with Crippen LogP contribution < -0.4 is 5.32 Å². The molecule has 1 aromatic heterocycles. The minimum absolute atomic E-state index is 0.0114. The number of rotatable bonds is 5. The van der Waals surface area contributed by atoms with E-state index in [2.05, 4.69) is 15.5 Å². The molecule has 29 heavy (non-hydrogen) atoms. The summed E-state index contributed by atoms with van der Waals surface area (Å²) in [6.45, 7) is 1.60. The van der Waals surface area contributed by atoms with Gasteiger partial charge in [-0.2, -0.15) is 5.10 Å². The summed E-state index contributed by atoms with van der Waals surface area (Å²) in [6, 6.07) is 11.1. The zero-order valence-corrected chi connectivity index (χ0v) is 15.6. The van der Waals surface area contributed by atoms with E-state index in [9.17, 15) is 25.0 Å². The fraction of sp³-hybridized carbons (Fsp3) is 0.0556. The third kappa shape index (κ3) is 4.01. The molecule has 0 saturated carbocycles. The van der Waals surface area contributed by atoms with Crippen LogP contribution in [-0.4, -0.2) is 26.0 Å². The third-order valence-corrected chi connectivity index (χ3v) is 4.31. The fourth-order valence-electron chi connectivity index (χ4n) is 2.74. The number of carbonyl (C=O) groups is 1. The second kappa shape index (κ2) is 7.98. The molecule has 0 radical (unpaired) electrons. The summed E-state index contributed by atoms with van der Waals surface area (Å²) < 4.78 is 0. The van der Waals surface area contributed by atoms with Gasteiger partial charge < -0.3 is 5.32 Å². The van der Waals surface area contributed by atoms with Crippen LogP contribution in [0.4, 0.5) is 17.1 Å². The Morgan fingerprint density at radius 1 is 1.00 bits per heavy atom. The van der Waals surface area contributed by atoms with E-state index in [4.69, 9.17) is 11.6 Å². The molecule has 0 fully saturated rings. The van der Waals surface area contributed by atoms with Crippen LogP contribution in [0.15, 0.2) is 48.5 Å². The Balaban J connectivity index is 2.08. The molecule has 10 nitrogen and oxygen atoms in total. The standard InChI is InChI=1S/C18H12ClN5O5/c1-10-15(11-6-8-12(9-7-11)23(26)27)16(17(19)22-21-10)18(25)20-13-4-2-3-5-14(13)24(28)29/h2-9H,1H3,(H,20,25). The van der Waals surface area contributed by atoms with Crippen LogP contribution in [0, 0.1) is 27.2 Å². The highest BCUT2D eigenvalue weighted by atomic mass is 35.5. The number of hydrogen-bond acceptors (Lipinski definition) is 7. The van der Waals surface area contributed by atoms with E-state index in [1.807, 2.05) is 0 Å². The Morgan fingerprint density at radius 3 is 2.28 bits per heavy atom. The Kier molecular flexibility index (Phi) is 5.46. The van der Waals surface area contributed by atoms with Crippen molar-refractivity contribution >= 4 is 34.6 Å². The molecule has 3 aromatic rings. The van der Waals surface area contributed by atoms with Crippen molar-refractivity contribution < 1.29 is 14.6 Å². The Bertz CT molecular complexity index is 1130. The van der Waals surface area contributed by atoms with E-state index < -0.39 is 15.8 Å². The quantitative estimate of drug-likeness (QED) is 0.488. The van der Waals surface area contributed by atoms with Crippen LogP contribution in [0.3, 0.4) is 0 Å². The molecule has 0 aliphatic carbocycles. The number of aromatic nitrogens is 2. The van der Waals surface area contributed by atoms with Gasteiger partial charge in [0, 0.05) is 23.8 Å². The molecular formula is C18H12ClN5O5. The first-order chi connectivity index (χ1) is 13.8. The fourth-order valence-corrected chi connectivity index (χ4v) is 2.95. The number of hydrogen-bond donors (Lipinski definition) is 1. The SMILES string of the molecule is Cc1nnc(Cl)c(C(=O)Nc2ccccc2[N+](=O)[O-])c1-c1ccc([N+](=O)[O-])cc1. The predicted molar refractivity (Wildman–Crippen MR) is 105 cm³/mol. The van der Waals surface area contributed by atoms with E-state index in [0.29, 0.717) is 16.8 Å². The minimum atomic E-state index is -0.726. The van der Waals surface area contributed by atoms with Gasteiger partial charge in [0.15, 0.2) is 5.15 Å². The van der Waals surface area contributed by atoms with Crippen LogP contribution in [0.25, 0.3) is 11.1 Å². The number of halogens is 1. The van der Waals surface area contributed by atoms with Gasteiger partial charge in [-0.25, -0.2) is 0 Å². The maximum atomic E-state index is 12.9. The number of nitrogens with zero attached hydrogens (tertiary/aromatic N) is 4. The zero-order valence-electron chi connectivity index (χ0n) is 14.8. The molecule has 1 heterocycles. The number of nitrogens with one attached hydrogen (secondary N) is 1. The molecular weight excluding hydrogens is 402 g/mol. The molecule has 1 N–H and O–H groups in total. The highest BCUT2D eigenvalue weighted by molar-refractivity contribution is 6.34. The van der Waals surface area contributed by atoms with E-state index in [1.165, 1.54) is 48.5 Å². The number of nitro groups is 2. The smallest absolute Gasteiger partial charge is 0.292 e. The van der Waals surface area contributed by atoms with E-state index in [1.54, 1.807) is 6.92 Å². The van der Waals surface area contributed by atoms with E-state index >= 15 is 0 Å². The van der Waals surface area contributed by atoms with Crippen LogP contribution in [0.2, 0.25) is 5.15 Å². The summed E-state index contributed by atoms with van der Waals surface area (Å²) >= 11 is 6.12. The highest BCUT2D eigenvalue weighted by Crippen LogP contribution is 2.32. The maximum Gasteiger partial charge on any atom is 0.292 e. The van der Waals surface area contributed by atoms with Crippen molar-refractivity contribution in [1.29, 1.82) is 0 Å². The molecule has 146 valence electrons. The van der Waals surface area contributed by atoms with Gasteiger partial charge >= 0.3 is 0 Å². The van der Waals surface area contributed by atoms with Crippen LogP contribution in [0.5, 0.6) is 0 Å². The van der Waals surface area contributed by atoms with Crippen molar-refractivity contribution in [3.8, 4) is 11.1 Å². The van der Waals surface area contributed by atoms with Crippen molar-refractivity contribution in [2.75, 3.05) is 5.32 Å². The molecule has 3 rings (SSSR count). The molecule has 1 amide bonds. The van der Waals surface area contributed by atoms with Gasteiger partial charge in [-0.1, -0.05) is 23.7 Å². The van der Waals surface area contributed by atoms with Gasteiger partial charge in [-0.3, -0.25) is 25.0 Å².